The van der Waals surface area contributed by atoms with Crippen LogP contribution in [0.25, 0.3) is 0 Å². The molecule has 0 saturated heterocycles. The minimum absolute atomic E-state index is 0.361. The Hall–Kier alpha value is -2.09. The number of nitrogens with one attached hydrogen (secondary N) is 3. The lowest BCUT2D eigenvalue weighted by Gasteiger charge is -2.10. The number of nitrogens with zero attached hydrogens (tertiary/aromatic N) is 2. The molecule has 0 saturated carbocycles. The van der Waals surface area contributed by atoms with Crippen molar-refractivity contribution in [3.8, 4) is 0 Å². The maximum atomic E-state index is 10.5. The molecule has 106 valence electrons. The van der Waals surface area contributed by atoms with Gasteiger partial charge in [0.15, 0.2) is 5.82 Å². The van der Waals surface area contributed by atoms with E-state index in [9.17, 15) is 4.79 Å². The predicted octanol–water partition coefficient (Wildman–Crippen LogP) is 0.135. The Morgan fingerprint density at radius 2 is 2.11 bits per heavy atom. The highest BCUT2D eigenvalue weighted by molar-refractivity contribution is 5.71. The van der Waals surface area contributed by atoms with Crippen LogP contribution in [-0.2, 0) is 11.3 Å². The van der Waals surface area contributed by atoms with Gasteiger partial charge in [-0.2, -0.15) is 0 Å². The van der Waals surface area contributed by atoms with E-state index in [-0.39, 0.29) is 0 Å². The summed E-state index contributed by atoms with van der Waals surface area (Å²) in [6, 6.07) is 1.23. The summed E-state index contributed by atoms with van der Waals surface area (Å²) >= 11 is 0. The fraction of sp³-hybridized carbons (Fsp3) is 0.545. The van der Waals surface area contributed by atoms with Crippen molar-refractivity contribution < 1.29 is 9.53 Å². The topological polar surface area (TPSA) is 114 Å². The Balaban J connectivity index is 2.57. The zero-order chi connectivity index (χ0) is 14.1. The Morgan fingerprint density at radius 1 is 1.37 bits per heavy atom. The van der Waals surface area contributed by atoms with E-state index in [1.54, 1.807) is 13.1 Å². The van der Waals surface area contributed by atoms with Crippen LogP contribution in [0.2, 0.25) is 0 Å². The average molecular weight is 268 g/mol. The largest absolute Gasteiger partial charge is 0.374 e. The third kappa shape index (κ3) is 5.87. The number of rotatable bonds is 8. The number of primary amides is 1. The van der Waals surface area contributed by atoms with E-state index >= 15 is 0 Å². The van der Waals surface area contributed by atoms with Crippen LogP contribution in [0.4, 0.5) is 16.4 Å². The van der Waals surface area contributed by atoms with Gasteiger partial charge in [0.1, 0.15) is 18.2 Å². The van der Waals surface area contributed by atoms with Gasteiger partial charge in [0.25, 0.3) is 0 Å². The SMILES string of the molecule is CCOCc1nc(NC)cc(NCCNC(N)=O)n1. The van der Waals surface area contributed by atoms with Crippen LogP contribution in [0.3, 0.4) is 0 Å². The Labute approximate surface area is 112 Å². The van der Waals surface area contributed by atoms with Crippen molar-refractivity contribution in [3.05, 3.63) is 11.9 Å². The molecular weight excluding hydrogens is 248 g/mol. The number of ether oxygens (including phenoxy) is 1. The lowest BCUT2D eigenvalue weighted by molar-refractivity contribution is 0.128. The van der Waals surface area contributed by atoms with Crippen molar-refractivity contribution in [2.45, 2.75) is 13.5 Å². The van der Waals surface area contributed by atoms with E-state index in [0.717, 1.165) is 0 Å². The number of carbonyl (C=O) groups excluding carboxylic acids is 1. The third-order valence-electron chi connectivity index (χ3n) is 2.19. The van der Waals surface area contributed by atoms with E-state index < -0.39 is 6.03 Å². The van der Waals surface area contributed by atoms with Crippen LogP contribution in [0.5, 0.6) is 0 Å². The monoisotopic (exact) mass is 268 g/mol. The molecule has 8 nitrogen and oxygen atoms in total. The summed E-state index contributed by atoms with van der Waals surface area (Å²) in [5, 5.41) is 8.52. The second-order valence-electron chi connectivity index (χ2n) is 3.66. The number of nitrogens with two attached hydrogens (primary N) is 1. The number of carbonyl (C=O) groups is 1. The molecule has 0 aromatic carbocycles. The molecule has 1 rings (SSSR count). The molecule has 0 aliphatic heterocycles. The summed E-state index contributed by atoms with van der Waals surface area (Å²) in [7, 11) is 1.78. The second-order valence-corrected chi connectivity index (χ2v) is 3.66. The first-order chi connectivity index (χ1) is 9.15. The third-order valence-corrected chi connectivity index (χ3v) is 2.19. The lowest BCUT2D eigenvalue weighted by atomic mass is 10.4. The quantitative estimate of drug-likeness (QED) is 0.498. The van der Waals surface area contributed by atoms with E-state index in [0.29, 0.717) is 43.8 Å². The molecular formula is C11H20N6O2. The molecule has 0 aliphatic carbocycles. The predicted molar refractivity (Wildman–Crippen MR) is 73.0 cm³/mol. The molecule has 19 heavy (non-hydrogen) atoms. The first kappa shape index (κ1) is 15.0. The summed E-state index contributed by atoms with van der Waals surface area (Å²) in [5.74, 6) is 1.97. The van der Waals surface area contributed by atoms with Gasteiger partial charge in [-0.15, -0.1) is 0 Å². The standard InChI is InChI=1S/C11H20N6O2/c1-3-19-7-10-16-8(13-2)6-9(17-10)14-4-5-15-11(12)18/h6H,3-5,7H2,1-2H3,(H3,12,15,18)(H2,13,14,16,17). The molecule has 2 amide bonds. The minimum atomic E-state index is -0.544. The number of hydrogen-bond acceptors (Lipinski definition) is 6. The normalized spacial score (nSPS) is 10.0. The van der Waals surface area contributed by atoms with Gasteiger partial charge < -0.3 is 26.4 Å². The zero-order valence-corrected chi connectivity index (χ0v) is 11.2. The number of aromatic nitrogens is 2. The van der Waals surface area contributed by atoms with Gasteiger partial charge in [0.2, 0.25) is 0 Å². The summed E-state index contributed by atoms with van der Waals surface area (Å²) in [6.45, 7) is 3.83. The first-order valence-corrected chi connectivity index (χ1v) is 6.06. The lowest BCUT2D eigenvalue weighted by Crippen LogP contribution is -2.33. The van der Waals surface area contributed by atoms with Crippen molar-refractivity contribution in [1.82, 2.24) is 15.3 Å². The van der Waals surface area contributed by atoms with Crippen molar-refractivity contribution in [1.29, 1.82) is 0 Å². The number of anilines is 2. The van der Waals surface area contributed by atoms with Gasteiger partial charge >= 0.3 is 6.03 Å². The molecule has 0 spiro atoms. The Morgan fingerprint density at radius 3 is 2.74 bits per heavy atom. The van der Waals surface area contributed by atoms with Crippen LogP contribution < -0.4 is 21.7 Å². The second kappa shape index (κ2) is 8.09. The van der Waals surface area contributed by atoms with Gasteiger partial charge in [0, 0.05) is 32.8 Å². The molecule has 0 aliphatic rings. The van der Waals surface area contributed by atoms with Gasteiger partial charge in [-0.05, 0) is 6.92 Å². The molecule has 1 heterocycles. The highest BCUT2D eigenvalue weighted by atomic mass is 16.5. The van der Waals surface area contributed by atoms with Gasteiger partial charge in [0.05, 0.1) is 0 Å². The van der Waals surface area contributed by atoms with Crippen LogP contribution >= 0.6 is 0 Å². The number of urea groups is 1. The van der Waals surface area contributed by atoms with Gasteiger partial charge in [-0.3, -0.25) is 0 Å². The van der Waals surface area contributed by atoms with E-state index in [2.05, 4.69) is 25.9 Å². The average Bonchev–Trinajstić information content (AvgIpc) is 2.41. The van der Waals surface area contributed by atoms with E-state index in [4.69, 9.17) is 10.5 Å². The molecule has 0 unspecified atom stereocenters. The molecule has 0 atom stereocenters. The Bertz CT molecular complexity index is 412. The molecule has 8 heteroatoms. The molecule has 0 fully saturated rings. The highest BCUT2D eigenvalue weighted by Crippen LogP contribution is 2.11. The molecule has 0 bridgehead atoms. The van der Waals surface area contributed by atoms with Crippen molar-refractivity contribution >= 4 is 17.7 Å². The zero-order valence-electron chi connectivity index (χ0n) is 11.2. The molecule has 5 N–H and O–H groups in total. The van der Waals surface area contributed by atoms with Crippen molar-refractivity contribution in [2.24, 2.45) is 5.73 Å². The number of amides is 2. The van der Waals surface area contributed by atoms with Crippen LogP contribution in [-0.4, -0.2) is 42.7 Å². The molecule has 1 aromatic heterocycles. The molecule has 0 radical (unpaired) electrons. The minimum Gasteiger partial charge on any atom is -0.374 e. The fourth-order valence-corrected chi connectivity index (χ4v) is 1.35. The van der Waals surface area contributed by atoms with E-state index in [1.165, 1.54) is 0 Å². The summed E-state index contributed by atoms with van der Waals surface area (Å²) in [5.41, 5.74) is 4.97. The van der Waals surface area contributed by atoms with Gasteiger partial charge in [-0.25, -0.2) is 14.8 Å². The summed E-state index contributed by atoms with van der Waals surface area (Å²) in [6.07, 6.45) is 0. The summed E-state index contributed by atoms with van der Waals surface area (Å²) in [4.78, 5) is 19.1. The summed E-state index contributed by atoms with van der Waals surface area (Å²) < 4.78 is 5.28. The Kier molecular flexibility index (Phi) is 6.37. The highest BCUT2D eigenvalue weighted by Gasteiger charge is 2.03. The van der Waals surface area contributed by atoms with Crippen molar-refractivity contribution in [3.63, 3.8) is 0 Å². The smallest absolute Gasteiger partial charge is 0.312 e. The van der Waals surface area contributed by atoms with Crippen LogP contribution in [0.15, 0.2) is 6.07 Å². The maximum Gasteiger partial charge on any atom is 0.312 e. The van der Waals surface area contributed by atoms with E-state index in [1.807, 2.05) is 6.92 Å². The van der Waals surface area contributed by atoms with Crippen LogP contribution in [0, 0.1) is 0 Å². The fourth-order valence-electron chi connectivity index (χ4n) is 1.35. The number of hydrogen-bond donors (Lipinski definition) is 4. The van der Waals surface area contributed by atoms with Gasteiger partial charge in [-0.1, -0.05) is 0 Å². The maximum absolute atomic E-state index is 10.5. The van der Waals surface area contributed by atoms with Crippen molar-refractivity contribution in [2.75, 3.05) is 37.4 Å². The first-order valence-electron chi connectivity index (χ1n) is 6.06. The van der Waals surface area contributed by atoms with Crippen LogP contribution in [0.1, 0.15) is 12.7 Å². The molecule has 1 aromatic rings.